The van der Waals surface area contributed by atoms with Gasteiger partial charge in [0.1, 0.15) is 11.6 Å². The van der Waals surface area contributed by atoms with Gasteiger partial charge >= 0.3 is 0 Å². The summed E-state index contributed by atoms with van der Waals surface area (Å²) in [5, 5.41) is 23.8. The first-order valence-electron chi connectivity index (χ1n) is 10.3. The largest absolute Gasteiger partial charge is 0.508 e. The molecule has 6 nitrogen and oxygen atoms in total. The number of benzene rings is 2. The minimum atomic E-state index is -0.396. The van der Waals surface area contributed by atoms with Gasteiger partial charge in [-0.2, -0.15) is 0 Å². The lowest BCUT2D eigenvalue weighted by atomic mass is 9.95. The summed E-state index contributed by atoms with van der Waals surface area (Å²) in [5.41, 5.74) is 1.71. The summed E-state index contributed by atoms with van der Waals surface area (Å²) in [4.78, 5) is 17.7. The van der Waals surface area contributed by atoms with Crippen molar-refractivity contribution in [2.75, 3.05) is 0 Å². The lowest BCUT2D eigenvalue weighted by Gasteiger charge is -2.22. The molecule has 0 bridgehead atoms. The highest BCUT2D eigenvalue weighted by Crippen LogP contribution is 2.34. The Labute approximate surface area is 190 Å². The SMILES string of the molecule is O=C(NC1CCCCC1)c1nc(-c2ccc(Cl)cc2Cl)n(-c2ccc(O)cc2)c1CO. The molecular formula is C23H23Cl2N3O3. The molecule has 0 spiro atoms. The van der Waals surface area contributed by atoms with Crippen LogP contribution in [0.4, 0.5) is 0 Å². The minimum absolute atomic E-state index is 0.106. The molecule has 3 aromatic rings. The second-order valence-corrected chi connectivity index (χ2v) is 8.52. The molecular weight excluding hydrogens is 437 g/mol. The number of carbonyl (C=O) groups excluding carboxylic acids is 1. The van der Waals surface area contributed by atoms with Crippen LogP contribution in [-0.4, -0.2) is 31.7 Å². The van der Waals surface area contributed by atoms with E-state index in [0.29, 0.717) is 32.8 Å². The van der Waals surface area contributed by atoms with E-state index in [0.717, 1.165) is 25.7 Å². The summed E-state index contributed by atoms with van der Waals surface area (Å²) < 4.78 is 1.68. The Morgan fingerprint density at radius 2 is 1.81 bits per heavy atom. The summed E-state index contributed by atoms with van der Waals surface area (Å²) in [6.07, 6.45) is 5.24. The van der Waals surface area contributed by atoms with E-state index in [4.69, 9.17) is 23.2 Å². The average Bonchev–Trinajstić information content (AvgIpc) is 3.14. The smallest absolute Gasteiger partial charge is 0.272 e. The fourth-order valence-electron chi connectivity index (χ4n) is 4.01. The summed E-state index contributed by atoms with van der Waals surface area (Å²) in [5.74, 6) is 0.195. The molecule has 31 heavy (non-hydrogen) atoms. The number of halogens is 2. The van der Waals surface area contributed by atoms with Crippen LogP contribution in [0.15, 0.2) is 42.5 Å². The molecule has 1 amide bonds. The quantitative estimate of drug-likeness (QED) is 0.494. The Hall–Kier alpha value is -2.54. The zero-order valence-corrected chi connectivity index (χ0v) is 18.3. The van der Waals surface area contributed by atoms with Gasteiger partial charge in [0.25, 0.3) is 5.91 Å². The maximum atomic E-state index is 13.1. The number of rotatable bonds is 5. The summed E-state index contributed by atoms with van der Waals surface area (Å²) in [6, 6.07) is 11.6. The molecule has 2 aromatic carbocycles. The topological polar surface area (TPSA) is 87.4 Å². The summed E-state index contributed by atoms with van der Waals surface area (Å²) in [7, 11) is 0. The van der Waals surface area contributed by atoms with Crippen LogP contribution >= 0.6 is 23.2 Å². The maximum absolute atomic E-state index is 13.1. The molecule has 162 valence electrons. The lowest BCUT2D eigenvalue weighted by Crippen LogP contribution is -2.36. The molecule has 0 saturated heterocycles. The highest BCUT2D eigenvalue weighted by molar-refractivity contribution is 6.36. The van der Waals surface area contributed by atoms with Gasteiger partial charge in [0.15, 0.2) is 5.69 Å². The van der Waals surface area contributed by atoms with Crippen LogP contribution in [-0.2, 0) is 6.61 Å². The van der Waals surface area contributed by atoms with Crippen molar-refractivity contribution in [3.05, 3.63) is 63.9 Å². The number of hydrogen-bond donors (Lipinski definition) is 3. The second-order valence-electron chi connectivity index (χ2n) is 7.67. The van der Waals surface area contributed by atoms with Crippen molar-refractivity contribution in [2.45, 2.75) is 44.8 Å². The van der Waals surface area contributed by atoms with Gasteiger partial charge in [0, 0.05) is 22.3 Å². The van der Waals surface area contributed by atoms with Crippen LogP contribution in [0.2, 0.25) is 10.0 Å². The number of phenols is 1. The third-order valence-corrected chi connectivity index (χ3v) is 6.11. The van der Waals surface area contributed by atoms with Gasteiger partial charge in [-0.1, -0.05) is 42.5 Å². The van der Waals surface area contributed by atoms with Crippen LogP contribution in [0.25, 0.3) is 17.1 Å². The van der Waals surface area contributed by atoms with Gasteiger partial charge in [0.2, 0.25) is 0 Å². The lowest BCUT2D eigenvalue weighted by molar-refractivity contribution is 0.0919. The molecule has 1 aromatic heterocycles. The number of phenolic OH excluding ortho intramolecular Hbond substituents is 1. The highest BCUT2D eigenvalue weighted by atomic mass is 35.5. The molecule has 8 heteroatoms. The van der Waals surface area contributed by atoms with Gasteiger partial charge in [-0.05, 0) is 55.3 Å². The zero-order valence-electron chi connectivity index (χ0n) is 16.8. The molecule has 0 aliphatic heterocycles. The van der Waals surface area contributed by atoms with Crippen LogP contribution in [0.1, 0.15) is 48.3 Å². The fourth-order valence-corrected chi connectivity index (χ4v) is 4.51. The van der Waals surface area contributed by atoms with E-state index in [1.54, 1.807) is 34.9 Å². The Kier molecular flexibility index (Phi) is 6.51. The Morgan fingerprint density at radius 3 is 2.45 bits per heavy atom. The van der Waals surface area contributed by atoms with Crippen molar-refractivity contribution in [1.82, 2.24) is 14.9 Å². The fraction of sp³-hybridized carbons (Fsp3) is 0.304. The Bertz CT molecular complexity index is 1090. The van der Waals surface area contributed by atoms with E-state index in [1.807, 2.05) is 0 Å². The molecule has 0 radical (unpaired) electrons. The van der Waals surface area contributed by atoms with Crippen molar-refractivity contribution >= 4 is 29.1 Å². The van der Waals surface area contributed by atoms with Gasteiger partial charge in [-0.15, -0.1) is 0 Å². The molecule has 1 fully saturated rings. The monoisotopic (exact) mass is 459 g/mol. The van der Waals surface area contributed by atoms with E-state index in [2.05, 4.69) is 10.3 Å². The summed E-state index contributed by atoms with van der Waals surface area (Å²) >= 11 is 12.5. The molecule has 4 rings (SSSR count). The normalized spacial score (nSPS) is 14.5. The first-order chi connectivity index (χ1) is 15.0. The van der Waals surface area contributed by atoms with Crippen LogP contribution in [0.3, 0.4) is 0 Å². The number of carbonyl (C=O) groups is 1. The number of aliphatic hydroxyl groups is 1. The minimum Gasteiger partial charge on any atom is -0.508 e. The molecule has 1 heterocycles. The maximum Gasteiger partial charge on any atom is 0.272 e. The number of nitrogens with zero attached hydrogens (tertiary/aromatic N) is 2. The molecule has 1 saturated carbocycles. The number of imidazole rings is 1. The van der Waals surface area contributed by atoms with Crippen molar-refractivity contribution in [2.24, 2.45) is 0 Å². The number of amides is 1. The number of aliphatic hydroxyl groups excluding tert-OH is 1. The standard InChI is InChI=1S/C23H23Cl2N3O3/c24-14-6-11-18(19(25)12-14)22-27-21(23(31)26-15-4-2-1-3-5-15)20(13-29)28(22)16-7-9-17(30)10-8-16/h6-12,15,29-30H,1-5,13H2,(H,26,31). The van der Waals surface area contributed by atoms with Gasteiger partial charge in [0.05, 0.1) is 17.3 Å². The number of hydrogen-bond acceptors (Lipinski definition) is 4. The van der Waals surface area contributed by atoms with E-state index in [1.165, 1.54) is 18.6 Å². The van der Waals surface area contributed by atoms with E-state index < -0.39 is 6.61 Å². The second kappa shape index (κ2) is 9.30. The molecule has 1 aliphatic carbocycles. The third-order valence-electron chi connectivity index (χ3n) is 5.56. The van der Waals surface area contributed by atoms with Gasteiger partial charge in [-0.25, -0.2) is 4.98 Å². The average molecular weight is 460 g/mol. The third kappa shape index (κ3) is 4.56. The van der Waals surface area contributed by atoms with E-state index >= 15 is 0 Å². The van der Waals surface area contributed by atoms with Crippen molar-refractivity contribution in [1.29, 1.82) is 0 Å². The number of nitrogens with one attached hydrogen (secondary N) is 1. The van der Waals surface area contributed by atoms with Crippen LogP contribution in [0, 0.1) is 0 Å². The predicted octanol–water partition coefficient (Wildman–Crippen LogP) is 5.11. The van der Waals surface area contributed by atoms with Crippen LogP contribution < -0.4 is 5.32 Å². The van der Waals surface area contributed by atoms with E-state index in [9.17, 15) is 15.0 Å². The van der Waals surface area contributed by atoms with Gasteiger partial charge < -0.3 is 15.5 Å². The molecule has 3 N–H and O–H groups in total. The number of aromatic hydroxyl groups is 1. The Morgan fingerprint density at radius 1 is 1.10 bits per heavy atom. The first-order valence-corrected chi connectivity index (χ1v) is 11.0. The van der Waals surface area contributed by atoms with Crippen LogP contribution in [0.5, 0.6) is 5.75 Å². The molecule has 0 atom stereocenters. The van der Waals surface area contributed by atoms with Crippen molar-refractivity contribution in [3.8, 4) is 22.8 Å². The van der Waals surface area contributed by atoms with Crippen molar-refractivity contribution < 1.29 is 15.0 Å². The summed E-state index contributed by atoms with van der Waals surface area (Å²) in [6.45, 7) is -0.396. The first kappa shape index (κ1) is 21.7. The zero-order chi connectivity index (χ0) is 22.0. The van der Waals surface area contributed by atoms with E-state index in [-0.39, 0.29) is 23.4 Å². The number of aromatic nitrogens is 2. The van der Waals surface area contributed by atoms with Gasteiger partial charge in [-0.3, -0.25) is 9.36 Å². The highest BCUT2D eigenvalue weighted by Gasteiger charge is 2.26. The Balaban J connectivity index is 1.84. The molecule has 0 unspecified atom stereocenters. The predicted molar refractivity (Wildman–Crippen MR) is 121 cm³/mol. The van der Waals surface area contributed by atoms with Crippen molar-refractivity contribution in [3.63, 3.8) is 0 Å². The molecule has 1 aliphatic rings.